The van der Waals surface area contributed by atoms with Crippen LogP contribution in [0.15, 0.2) is 18.2 Å². The highest BCUT2D eigenvalue weighted by atomic mass is 35.5. The van der Waals surface area contributed by atoms with E-state index in [2.05, 4.69) is 16.4 Å². The molecule has 0 bridgehead atoms. The zero-order valence-corrected chi connectivity index (χ0v) is 12.1. The first-order valence-electron chi connectivity index (χ1n) is 6.76. The first-order chi connectivity index (χ1) is 9.72. The summed E-state index contributed by atoms with van der Waals surface area (Å²) in [7, 11) is 1.67. The number of fused-ring (bicyclic) bond motifs is 3. The molecule has 1 unspecified atom stereocenters. The minimum atomic E-state index is -0.124. The molecule has 1 amide bonds. The molecule has 20 heavy (non-hydrogen) atoms. The number of alkyl halides is 1. The molecular weight excluding hydrogens is 276 g/mol. The van der Waals surface area contributed by atoms with E-state index in [1.54, 1.807) is 7.11 Å². The summed E-state index contributed by atoms with van der Waals surface area (Å²) < 4.78 is 5.29. The number of H-pyrrole nitrogens is 1. The van der Waals surface area contributed by atoms with Gasteiger partial charge >= 0.3 is 0 Å². The van der Waals surface area contributed by atoms with Crippen molar-refractivity contribution in [2.75, 3.05) is 13.0 Å². The molecule has 0 fully saturated rings. The summed E-state index contributed by atoms with van der Waals surface area (Å²) in [6, 6.07) is 6.04. The summed E-state index contributed by atoms with van der Waals surface area (Å²) in [6.07, 6.45) is 3.03. The van der Waals surface area contributed by atoms with Crippen LogP contribution in [-0.4, -0.2) is 23.9 Å². The Labute approximate surface area is 122 Å². The molecule has 0 saturated heterocycles. The molecule has 1 atom stereocenters. The summed E-state index contributed by atoms with van der Waals surface area (Å²) in [4.78, 5) is 15.0. The minimum absolute atomic E-state index is 0.000114. The maximum absolute atomic E-state index is 11.5. The topological polar surface area (TPSA) is 54.1 Å². The van der Waals surface area contributed by atoms with Crippen molar-refractivity contribution < 1.29 is 9.53 Å². The predicted octanol–water partition coefficient (Wildman–Crippen LogP) is 2.91. The van der Waals surface area contributed by atoms with E-state index >= 15 is 0 Å². The molecule has 1 aromatic carbocycles. The van der Waals surface area contributed by atoms with Gasteiger partial charge in [-0.2, -0.15) is 0 Å². The summed E-state index contributed by atoms with van der Waals surface area (Å²) in [5.74, 6) is 0.729. The third-order valence-electron chi connectivity index (χ3n) is 3.87. The number of carbonyl (C=O) groups is 1. The van der Waals surface area contributed by atoms with Crippen LogP contribution in [0.25, 0.3) is 10.9 Å². The molecule has 0 spiro atoms. The van der Waals surface area contributed by atoms with Crippen LogP contribution in [-0.2, 0) is 11.2 Å². The van der Waals surface area contributed by atoms with Crippen molar-refractivity contribution in [2.45, 2.75) is 25.3 Å². The Morgan fingerprint density at radius 3 is 3.15 bits per heavy atom. The lowest BCUT2D eigenvalue weighted by Gasteiger charge is -2.23. The standard InChI is InChI=1S/C15H17ClN2O2/c1-20-9-5-6-12-11(7-9)10-3-2-4-13(15(10)18-12)17-14(19)8-16/h5-7,13,18H,2-4,8H2,1H3,(H,17,19). The lowest BCUT2D eigenvalue weighted by molar-refractivity contribution is -0.119. The van der Waals surface area contributed by atoms with Gasteiger partial charge in [-0.15, -0.1) is 11.6 Å². The molecule has 0 aliphatic heterocycles. The van der Waals surface area contributed by atoms with Crippen molar-refractivity contribution in [3.63, 3.8) is 0 Å². The predicted molar refractivity (Wildman–Crippen MR) is 79.4 cm³/mol. The smallest absolute Gasteiger partial charge is 0.235 e. The van der Waals surface area contributed by atoms with Gasteiger partial charge in [-0.05, 0) is 43.0 Å². The van der Waals surface area contributed by atoms with E-state index in [4.69, 9.17) is 16.3 Å². The molecule has 0 radical (unpaired) electrons. The Hall–Kier alpha value is -1.68. The number of aryl methyl sites for hydroxylation is 1. The van der Waals surface area contributed by atoms with Gasteiger partial charge in [0.2, 0.25) is 5.91 Å². The van der Waals surface area contributed by atoms with Crippen molar-refractivity contribution in [3.05, 3.63) is 29.5 Å². The Kier molecular flexibility index (Phi) is 3.57. The molecule has 106 valence electrons. The van der Waals surface area contributed by atoms with Gasteiger partial charge in [0.05, 0.1) is 13.2 Å². The zero-order valence-electron chi connectivity index (χ0n) is 11.3. The van der Waals surface area contributed by atoms with Gasteiger partial charge in [-0.1, -0.05) is 0 Å². The van der Waals surface area contributed by atoms with E-state index < -0.39 is 0 Å². The molecule has 2 N–H and O–H groups in total. The van der Waals surface area contributed by atoms with Crippen molar-refractivity contribution in [3.8, 4) is 5.75 Å². The highest BCUT2D eigenvalue weighted by Gasteiger charge is 2.25. The second-order valence-corrected chi connectivity index (χ2v) is 5.34. The molecule has 2 aromatic rings. The number of benzene rings is 1. The fourth-order valence-electron chi connectivity index (χ4n) is 2.95. The molecule has 1 aliphatic carbocycles. The molecule has 1 aliphatic rings. The monoisotopic (exact) mass is 292 g/mol. The number of ether oxygens (including phenoxy) is 1. The first-order valence-corrected chi connectivity index (χ1v) is 7.30. The van der Waals surface area contributed by atoms with E-state index in [0.717, 1.165) is 36.2 Å². The summed E-state index contributed by atoms with van der Waals surface area (Å²) in [6.45, 7) is 0. The number of nitrogens with one attached hydrogen (secondary N) is 2. The average Bonchev–Trinajstić information content (AvgIpc) is 2.86. The van der Waals surface area contributed by atoms with Gasteiger partial charge in [-0.25, -0.2) is 0 Å². The SMILES string of the molecule is COc1ccc2[nH]c3c(c2c1)CCCC3NC(=O)CCl. The van der Waals surface area contributed by atoms with Crippen LogP contribution >= 0.6 is 11.6 Å². The van der Waals surface area contributed by atoms with Crippen molar-refractivity contribution in [1.82, 2.24) is 10.3 Å². The van der Waals surface area contributed by atoms with Gasteiger partial charge in [0.15, 0.2) is 0 Å². The van der Waals surface area contributed by atoms with Crippen LogP contribution in [0.2, 0.25) is 0 Å². The zero-order chi connectivity index (χ0) is 14.1. The van der Waals surface area contributed by atoms with Crippen LogP contribution in [0.3, 0.4) is 0 Å². The fraction of sp³-hybridized carbons (Fsp3) is 0.400. The fourth-order valence-corrected chi connectivity index (χ4v) is 3.02. The normalized spacial score (nSPS) is 17.8. The molecule has 0 saturated carbocycles. The molecular formula is C15H17ClN2O2. The number of rotatable bonds is 3. The maximum Gasteiger partial charge on any atom is 0.235 e. The number of hydrogen-bond donors (Lipinski definition) is 2. The van der Waals surface area contributed by atoms with Crippen LogP contribution in [0, 0.1) is 0 Å². The minimum Gasteiger partial charge on any atom is -0.497 e. The number of aromatic nitrogens is 1. The second-order valence-electron chi connectivity index (χ2n) is 5.07. The first kappa shape index (κ1) is 13.3. The number of methoxy groups -OCH3 is 1. The lowest BCUT2D eigenvalue weighted by atomic mass is 9.91. The Morgan fingerprint density at radius 2 is 2.40 bits per heavy atom. The van der Waals surface area contributed by atoms with E-state index in [1.165, 1.54) is 10.9 Å². The number of halogens is 1. The molecule has 4 nitrogen and oxygen atoms in total. The van der Waals surface area contributed by atoms with Crippen LogP contribution < -0.4 is 10.1 Å². The van der Waals surface area contributed by atoms with Crippen LogP contribution in [0.5, 0.6) is 5.75 Å². The third-order valence-corrected chi connectivity index (χ3v) is 4.11. The quantitative estimate of drug-likeness (QED) is 0.855. The highest BCUT2D eigenvalue weighted by Crippen LogP contribution is 2.36. The van der Waals surface area contributed by atoms with E-state index in [0.29, 0.717) is 0 Å². The number of aromatic amines is 1. The summed E-state index contributed by atoms with van der Waals surface area (Å²) in [5, 5.41) is 4.17. The van der Waals surface area contributed by atoms with Crippen LogP contribution in [0.1, 0.15) is 30.1 Å². The van der Waals surface area contributed by atoms with E-state index in [9.17, 15) is 4.79 Å². The Morgan fingerprint density at radius 1 is 1.55 bits per heavy atom. The molecule has 5 heteroatoms. The summed E-state index contributed by atoms with van der Waals surface area (Å²) >= 11 is 5.58. The second kappa shape index (κ2) is 5.37. The van der Waals surface area contributed by atoms with Crippen molar-refractivity contribution in [1.29, 1.82) is 0 Å². The van der Waals surface area contributed by atoms with E-state index in [-0.39, 0.29) is 17.8 Å². The average molecular weight is 293 g/mol. The Balaban J connectivity index is 2.03. The number of hydrogen-bond acceptors (Lipinski definition) is 2. The summed E-state index contributed by atoms with van der Waals surface area (Å²) in [5.41, 5.74) is 3.48. The van der Waals surface area contributed by atoms with Gasteiger partial charge in [-0.3, -0.25) is 4.79 Å². The van der Waals surface area contributed by atoms with Crippen molar-refractivity contribution >= 4 is 28.4 Å². The van der Waals surface area contributed by atoms with Gasteiger partial charge in [0.25, 0.3) is 0 Å². The molecule has 1 aromatic heterocycles. The highest BCUT2D eigenvalue weighted by molar-refractivity contribution is 6.27. The van der Waals surface area contributed by atoms with Gasteiger partial charge < -0.3 is 15.0 Å². The van der Waals surface area contributed by atoms with E-state index in [1.807, 2.05) is 12.1 Å². The number of amides is 1. The maximum atomic E-state index is 11.5. The third kappa shape index (κ3) is 2.24. The number of carbonyl (C=O) groups excluding carboxylic acids is 1. The largest absolute Gasteiger partial charge is 0.497 e. The molecule has 1 heterocycles. The lowest BCUT2D eigenvalue weighted by Crippen LogP contribution is -2.31. The van der Waals surface area contributed by atoms with Gasteiger partial charge in [0.1, 0.15) is 11.6 Å². The molecule has 3 rings (SSSR count). The van der Waals surface area contributed by atoms with Crippen molar-refractivity contribution in [2.24, 2.45) is 0 Å². The van der Waals surface area contributed by atoms with Crippen LogP contribution in [0.4, 0.5) is 0 Å². The van der Waals surface area contributed by atoms with Gasteiger partial charge in [0, 0.05) is 16.6 Å². The Bertz CT molecular complexity index is 651.